The van der Waals surface area contributed by atoms with Gasteiger partial charge in [0, 0.05) is 18.2 Å². The highest BCUT2D eigenvalue weighted by atomic mass is 16.2. The Morgan fingerprint density at radius 2 is 1.95 bits per heavy atom. The van der Waals surface area contributed by atoms with Gasteiger partial charge < -0.3 is 16.4 Å². The van der Waals surface area contributed by atoms with Gasteiger partial charge in [-0.1, -0.05) is 31.9 Å². The monoisotopic (exact) mass is 289 g/mol. The molecule has 0 spiro atoms. The van der Waals surface area contributed by atoms with Gasteiger partial charge in [-0.05, 0) is 36.5 Å². The number of carbonyl (C=O) groups excluding carboxylic acids is 2. The Kier molecular flexibility index (Phi) is 5.20. The van der Waals surface area contributed by atoms with Crippen molar-refractivity contribution in [3.63, 3.8) is 0 Å². The van der Waals surface area contributed by atoms with Crippen molar-refractivity contribution in [1.29, 1.82) is 0 Å². The van der Waals surface area contributed by atoms with Crippen molar-refractivity contribution >= 4 is 11.9 Å². The highest BCUT2D eigenvalue weighted by molar-refractivity contribution is 5.94. The first-order valence-corrected chi connectivity index (χ1v) is 7.47. The summed E-state index contributed by atoms with van der Waals surface area (Å²) in [6, 6.07) is 6.95. The molecule has 5 nitrogen and oxygen atoms in total. The van der Waals surface area contributed by atoms with Crippen molar-refractivity contribution in [3.8, 4) is 0 Å². The SMILES string of the molecule is CC1CCCC(NC(=O)c2ccc(CNC(N)=O)cc2)C1. The number of hydrogen-bond acceptors (Lipinski definition) is 2. The smallest absolute Gasteiger partial charge is 0.312 e. The van der Waals surface area contributed by atoms with Gasteiger partial charge in [-0.25, -0.2) is 4.79 Å². The van der Waals surface area contributed by atoms with Gasteiger partial charge in [-0.2, -0.15) is 0 Å². The molecular weight excluding hydrogens is 266 g/mol. The van der Waals surface area contributed by atoms with E-state index in [0.717, 1.165) is 18.4 Å². The first-order chi connectivity index (χ1) is 10.0. The molecule has 1 aromatic carbocycles. The van der Waals surface area contributed by atoms with E-state index in [1.807, 2.05) is 12.1 Å². The molecule has 4 N–H and O–H groups in total. The molecular formula is C16H23N3O2. The van der Waals surface area contributed by atoms with Gasteiger partial charge in [0.05, 0.1) is 0 Å². The topological polar surface area (TPSA) is 84.2 Å². The van der Waals surface area contributed by atoms with Crippen molar-refractivity contribution in [1.82, 2.24) is 10.6 Å². The van der Waals surface area contributed by atoms with E-state index in [2.05, 4.69) is 17.6 Å². The lowest BCUT2D eigenvalue weighted by molar-refractivity contribution is 0.0921. The zero-order valence-corrected chi connectivity index (χ0v) is 12.4. The van der Waals surface area contributed by atoms with Crippen LogP contribution < -0.4 is 16.4 Å². The van der Waals surface area contributed by atoms with Crippen LogP contribution >= 0.6 is 0 Å². The molecule has 1 aliphatic carbocycles. The van der Waals surface area contributed by atoms with Crippen LogP contribution in [-0.2, 0) is 6.54 Å². The summed E-state index contributed by atoms with van der Waals surface area (Å²) in [4.78, 5) is 22.8. The van der Waals surface area contributed by atoms with E-state index in [9.17, 15) is 9.59 Å². The predicted molar refractivity (Wildman–Crippen MR) is 81.8 cm³/mol. The summed E-state index contributed by atoms with van der Waals surface area (Å²) in [6.07, 6.45) is 4.57. The Bertz CT molecular complexity index is 499. The van der Waals surface area contributed by atoms with Gasteiger partial charge in [0.2, 0.25) is 0 Å². The Morgan fingerprint density at radius 3 is 2.57 bits per heavy atom. The van der Waals surface area contributed by atoms with E-state index in [0.29, 0.717) is 18.0 Å². The van der Waals surface area contributed by atoms with Gasteiger partial charge in [-0.3, -0.25) is 4.79 Å². The third-order valence-electron chi connectivity index (χ3n) is 3.95. The van der Waals surface area contributed by atoms with Crippen LogP contribution in [0.3, 0.4) is 0 Å². The zero-order valence-electron chi connectivity index (χ0n) is 12.4. The molecule has 0 heterocycles. The van der Waals surface area contributed by atoms with Crippen molar-refractivity contribution < 1.29 is 9.59 Å². The summed E-state index contributed by atoms with van der Waals surface area (Å²) in [7, 11) is 0. The van der Waals surface area contributed by atoms with Gasteiger partial charge >= 0.3 is 6.03 Å². The third kappa shape index (κ3) is 4.77. The van der Waals surface area contributed by atoms with Crippen molar-refractivity contribution in [3.05, 3.63) is 35.4 Å². The van der Waals surface area contributed by atoms with Gasteiger partial charge in [0.1, 0.15) is 0 Å². The van der Waals surface area contributed by atoms with Crippen LogP contribution in [0.25, 0.3) is 0 Å². The first-order valence-electron chi connectivity index (χ1n) is 7.47. The number of nitrogens with two attached hydrogens (primary N) is 1. The fourth-order valence-corrected chi connectivity index (χ4v) is 2.80. The Balaban J connectivity index is 1.88. The molecule has 2 rings (SSSR count). The number of primary amides is 1. The largest absolute Gasteiger partial charge is 0.352 e. The minimum absolute atomic E-state index is 0.0245. The molecule has 1 aliphatic rings. The molecule has 2 atom stereocenters. The second-order valence-electron chi connectivity index (χ2n) is 5.86. The number of urea groups is 1. The normalized spacial score (nSPS) is 21.6. The fourth-order valence-electron chi connectivity index (χ4n) is 2.80. The quantitative estimate of drug-likeness (QED) is 0.793. The van der Waals surface area contributed by atoms with Crippen LogP contribution in [0.1, 0.15) is 48.5 Å². The Morgan fingerprint density at radius 1 is 1.24 bits per heavy atom. The average molecular weight is 289 g/mol. The Hall–Kier alpha value is -2.04. The molecule has 0 saturated heterocycles. The third-order valence-corrected chi connectivity index (χ3v) is 3.95. The highest BCUT2D eigenvalue weighted by Gasteiger charge is 2.20. The second kappa shape index (κ2) is 7.11. The summed E-state index contributed by atoms with van der Waals surface area (Å²) in [5.41, 5.74) is 6.58. The van der Waals surface area contributed by atoms with Crippen LogP contribution in [-0.4, -0.2) is 18.0 Å². The van der Waals surface area contributed by atoms with Gasteiger partial charge in [-0.15, -0.1) is 0 Å². The van der Waals surface area contributed by atoms with Gasteiger partial charge in [0.25, 0.3) is 5.91 Å². The number of rotatable bonds is 4. The number of amides is 3. The summed E-state index contributed by atoms with van der Waals surface area (Å²) in [5.74, 6) is 0.662. The molecule has 21 heavy (non-hydrogen) atoms. The minimum atomic E-state index is -0.553. The van der Waals surface area contributed by atoms with Gasteiger partial charge in [0.15, 0.2) is 0 Å². The molecule has 114 valence electrons. The van der Waals surface area contributed by atoms with Crippen LogP contribution in [0.15, 0.2) is 24.3 Å². The maximum absolute atomic E-state index is 12.2. The molecule has 0 bridgehead atoms. The lowest BCUT2D eigenvalue weighted by atomic mass is 9.87. The summed E-state index contributed by atoms with van der Waals surface area (Å²) < 4.78 is 0. The van der Waals surface area contributed by atoms with E-state index >= 15 is 0 Å². The summed E-state index contributed by atoms with van der Waals surface area (Å²) >= 11 is 0. The highest BCUT2D eigenvalue weighted by Crippen LogP contribution is 2.23. The molecule has 5 heteroatoms. The van der Waals surface area contributed by atoms with Crippen molar-refractivity contribution in [2.24, 2.45) is 11.7 Å². The zero-order chi connectivity index (χ0) is 15.2. The fraction of sp³-hybridized carbons (Fsp3) is 0.500. The van der Waals surface area contributed by atoms with E-state index in [1.54, 1.807) is 12.1 Å². The molecule has 0 radical (unpaired) electrons. The molecule has 0 aliphatic heterocycles. The number of benzene rings is 1. The van der Waals surface area contributed by atoms with Crippen LogP contribution in [0.4, 0.5) is 4.79 Å². The van der Waals surface area contributed by atoms with E-state index < -0.39 is 6.03 Å². The standard InChI is InChI=1S/C16H23N3O2/c1-11-3-2-4-14(9-11)19-15(20)13-7-5-12(6-8-13)10-18-16(17)21/h5-8,11,14H,2-4,9-10H2,1H3,(H,19,20)(H3,17,18,21). The van der Waals surface area contributed by atoms with E-state index in [-0.39, 0.29) is 11.9 Å². The predicted octanol–water partition coefficient (Wildman–Crippen LogP) is 2.16. The average Bonchev–Trinajstić information content (AvgIpc) is 2.45. The van der Waals surface area contributed by atoms with Crippen LogP contribution in [0.2, 0.25) is 0 Å². The molecule has 3 amide bonds. The number of hydrogen-bond donors (Lipinski definition) is 3. The summed E-state index contributed by atoms with van der Waals surface area (Å²) in [6.45, 7) is 2.61. The van der Waals surface area contributed by atoms with Crippen LogP contribution in [0.5, 0.6) is 0 Å². The molecule has 2 unspecified atom stereocenters. The molecule has 1 aromatic rings. The lowest BCUT2D eigenvalue weighted by Gasteiger charge is -2.27. The number of carbonyl (C=O) groups is 2. The van der Waals surface area contributed by atoms with Crippen LogP contribution in [0, 0.1) is 5.92 Å². The Labute approximate surface area is 125 Å². The van der Waals surface area contributed by atoms with Crippen molar-refractivity contribution in [2.75, 3.05) is 0 Å². The number of nitrogens with one attached hydrogen (secondary N) is 2. The lowest BCUT2D eigenvalue weighted by Crippen LogP contribution is -2.37. The first kappa shape index (κ1) is 15.4. The second-order valence-corrected chi connectivity index (χ2v) is 5.86. The molecule has 1 fully saturated rings. The molecule has 0 aromatic heterocycles. The van der Waals surface area contributed by atoms with E-state index in [4.69, 9.17) is 5.73 Å². The molecule has 1 saturated carbocycles. The minimum Gasteiger partial charge on any atom is -0.352 e. The van der Waals surface area contributed by atoms with E-state index in [1.165, 1.54) is 12.8 Å². The van der Waals surface area contributed by atoms with Crippen molar-refractivity contribution in [2.45, 2.75) is 45.2 Å². The summed E-state index contributed by atoms with van der Waals surface area (Å²) in [5, 5.41) is 5.63. The maximum atomic E-state index is 12.2. The maximum Gasteiger partial charge on any atom is 0.312 e.